The Hall–Kier alpha value is -0.280. The van der Waals surface area contributed by atoms with Crippen LogP contribution in [-0.4, -0.2) is 42.0 Å². The molecule has 104 valence electrons. The van der Waals surface area contributed by atoms with Gasteiger partial charge in [0.25, 0.3) is 0 Å². The second-order valence-electron chi connectivity index (χ2n) is 5.61. The quantitative estimate of drug-likeness (QED) is 0.740. The fraction of sp³-hybridized carbons (Fsp3) is 0.929. The molecule has 2 fully saturated rings. The van der Waals surface area contributed by atoms with Gasteiger partial charge >= 0.3 is 0 Å². The molecule has 0 aromatic rings. The number of alkyl halides is 1. The number of carbonyl (C=O) groups excluding carboxylic acids is 1. The topological polar surface area (TPSA) is 29.5 Å². The molecule has 0 aromatic heterocycles. The van der Waals surface area contributed by atoms with E-state index in [-0.39, 0.29) is 11.3 Å². The van der Waals surface area contributed by atoms with Crippen LogP contribution in [0.4, 0.5) is 0 Å². The zero-order valence-electron chi connectivity index (χ0n) is 11.2. The van der Waals surface area contributed by atoms with Gasteiger partial charge in [-0.15, -0.1) is 11.6 Å². The number of carbonyl (C=O) groups is 1. The lowest BCUT2D eigenvalue weighted by atomic mass is 9.94. The van der Waals surface area contributed by atoms with E-state index in [0.717, 1.165) is 45.3 Å². The Bertz CT molecular complexity index is 277. The van der Waals surface area contributed by atoms with Gasteiger partial charge in [0.1, 0.15) is 0 Å². The van der Waals surface area contributed by atoms with Gasteiger partial charge in [0.05, 0.1) is 12.5 Å². The highest BCUT2D eigenvalue weighted by Crippen LogP contribution is 2.26. The molecule has 2 heterocycles. The fourth-order valence-electron chi connectivity index (χ4n) is 3.08. The summed E-state index contributed by atoms with van der Waals surface area (Å²) < 4.78 is 5.44. The first kappa shape index (κ1) is 14.1. The van der Waals surface area contributed by atoms with Crippen molar-refractivity contribution in [1.82, 2.24) is 4.90 Å². The van der Waals surface area contributed by atoms with Gasteiger partial charge in [-0.25, -0.2) is 0 Å². The summed E-state index contributed by atoms with van der Waals surface area (Å²) in [6.45, 7) is 4.34. The van der Waals surface area contributed by atoms with Crippen molar-refractivity contribution in [3.8, 4) is 0 Å². The van der Waals surface area contributed by atoms with Gasteiger partial charge in [-0.1, -0.05) is 0 Å². The van der Waals surface area contributed by atoms with Gasteiger partial charge in [0.2, 0.25) is 5.91 Å². The first-order chi connectivity index (χ1) is 8.68. The van der Waals surface area contributed by atoms with E-state index in [0.29, 0.717) is 18.6 Å². The number of rotatable bonds is 3. The number of piperidine rings is 1. The third kappa shape index (κ3) is 3.61. The molecule has 0 radical (unpaired) electrons. The molecule has 18 heavy (non-hydrogen) atoms. The number of halogens is 1. The maximum absolute atomic E-state index is 12.5. The van der Waals surface area contributed by atoms with E-state index in [4.69, 9.17) is 16.3 Å². The molecule has 1 amide bonds. The monoisotopic (exact) mass is 273 g/mol. The summed E-state index contributed by atoms with van der Waals surface area (Å²) in [4.78, 5) is 14.6. The van der Waals surface area contributed by atoms with Gasteiger partial charge in [-0.2, -0.15) is 0 Å². The Morgan fingerprint density at radius 1 is 1.39 bits per heavy atom. The average Bonchev–Trinajstić information content (AvgIpc) is 2.39. The van der Waals surface area contributed by atoms with Gasteiger partial charge in [0.15, 0.2) is 0 Å². The Kier molecular flexibility index (Phi) is 5.31. The normalized spacial score (nSPS) is 31.1. The van der Waals surface area contributed by atoms with Gasteiger partial charge < -0.3 is 9.64 Å². The molecular formula is C14H24ClNO2. The van der Waals surface area contributed by atoms with Crippen molar-refractivity contribution in [3.05, 3.63) is 0 Å². The first-order valence-corrected chi connectivity index (χ1v) is 7.64. The van der Waals surface area contributed by atoms with Crippen molar-refractivity contribution >= 4 is 17.5 Å². The molecule has 0 aromatic carbocycles. The maximum atomic E-state index is 12.5. The largest absolute Gasteiger partial charge is 0.381 e. The zero-order chi connectivity index (χ0) is 13.0. The van der Waals surface area contributed by atoms with Crippen molar-refractivity contribution in [2.24, 2.45) is 5.92 Å². The predicted molar refractivity (Wildman–Crippen MR) is 72.8 cm³/mol. The van der Waals surface area contributed by atoms with Crippen LogP contribution in [-0.2, 0) is 9.53 Å². The number of nitrogens with zero attached hydrogens (tertiary/aromatic N) is 1. The van der Waals surface area contributed by atoms with Crippen molar-refractivity contribution in [2.75, 3.05) is 19.8 Å². The maximum Gasteiger partial charge on any atom is 0.228 e. The average molecular weight is 274 g/mol. The second-order valence-corrected chi connectivity index (χ2v) is 6.36. The van der Waals surface area contributed by atoms with Gasteiger partial charge in [-0.05, 0) is 45.4 Å². The lowest BCUT2D eigenvalue weighted by Gasteiger charge is -2.39. The van der Waals surface area contributed by atoms with Crippen LogP contribution in [0.1, 0.15) is 45.4 Å². The summed E-state index contributed by atoms with van der Waals surface area (Å²) in [6, 6.07) is 0.348. The molecule has 0 spiro atoms. The van der Waals surface area contributed by atoms with Crippen molar-refractivity contribution in [3.63, 3.8) is 0 Å². The Balaban J connectivity index is 1.96. The van der Waals surface area contributed by atoms with E-state index in [9.17, 15) is 4.79 Å². The Morgan fingerprint density at radius 2 is 2.22 bits per heavy atom. The highest BCUT2D eigenvalue weighted by Gasteiger charge is 2.32. The fourth-order valence-corrected chi connectivity index (χ4v) is 3.29. The third-order valence-electron chi connectivity index (χ3n) is 4.02. The summed E-state index contributed by atoms with van der Waals surface area (Å²) in [6.07, 6.45) is 6.38. The molecule has 3 atom stereocenters. The number of hydrogen-bond donors (Lipinski definition) is 0. The number of amides is 1. The number of ether oxygens (including phenoxy) is 1. The van der Waals surface area contributed by atoms with Crippen LogP contribution in [0.25, 0.3) is 0 Å². The second kappa shape index (κ2) is 6.76. The predicted octanol–water partition coefficient (Wildman–Crippen LogP) is 2.81. The van der Waals surface area contributed by atoms with Crippen molar-refractivity contribution in [2.45, 2.75) is 56.9 Å². The summed E-state index contributed by atoms with van der Waals surface area (Å²) in [5.74, 6) is 0.390. The van der Waals surface area contributed by atoms with Crippen LogP contribution < -0.4 is 0 Å². The molecule has 0 aliphatic carbocycles. The molecular weight excluding hydrogens is 250 g/mol. The van der Waals surface area contributed by atoms with E-state index in [1.165, 1.54) is 6.42 Å². The molecule has 0 saturated carbocycles. The van der Waals surface area contributed by atoms with E-state index in [1.54, 1.807) is 0 Å². The van der Waals surface area contributed by atoms with Crippen LogP contribution in [0.3, 0.4) is 0 Å². The van der Waals surface area contributed by atoms with Gasteiger partial charge in [-0.3, -0.25) is 4.79 Å². The lowest BCUT2D eigenvalue weighted by Crippen LogP contribution is -2.48. The molecule has 3 unspecified atom stereocenters. The summed E-state index contributed by atoms with van der Waals surface area (Å²) in [5, 5.41) is 0.144. The summed E-state index contributed by atoms with van der Waals surface area (Å²) in [7, 11) is 0. The van der Waals surface area contributed by atoms with E-state index >= 15 is 0 Å². The summed E-state index contributed by atoms with van der Waals surface area (Å²) in [5.41, 5.74) is 0. The Labute approximate surface area is 115 Å². The minimum atomic E-state index is 0.0879. The number of hydrogen-bond acceptors (Lipinski definition) is 2. The van der Waals surface area contributed by atoms with E-state index in [2.05, 4.69) is 4.90 Å². The van der Waals surface area contributed by atoms with Crippen LogP contribution in [0.5, 0.6) is 0 Å². The molecule has 2 aliphatic heterocycles. The van der Waals surface area contributed by atoms with Crippen LogP contribution in [0.15, 0.2) is 0 Å². The SMILES string of the molecule is CC(Cl)CC1CCCCN1C(=O)C1CCCOC1. The standard InChI is InChI=1S/C14H24ClNO2/c1-11(15)9-13-6-2-3-7-16(13)14(17)12-5-4-8-18-10-12/h11-13H,2-10H2,1H3. The van der Waals surface area contributed by atoms with Crippen LogP contribution >= 0.6 is 11.6 Å². The zero-order valence-corrected chi connectivity index (χ0v) is 12.0. The highest BCUT2D eigenvalue weighted by molar-refractivity contribution is 6.20. The molecule has 0 N–H and O–H groups in total. The van der Waals surface area contributed by atoms with Crippen LogP contribution in [0, 0.1) is 5.92 Å². The Morgan fingerprint density at radius 3 is 2.89 bits per heavy atom. The molecule has 2 saturated heterocycles. The van der Waals surface area contributed by atoms with Crippen LogP contribution in [0.2, 0.25) is 0 Å². The first-order valence-electron chi connectivity index (χ1n) is 7.20. The molecule has 0 bridgehead atoms. The van der Waals surface area contributed by atoms with E-state index in [1.807, 2.05) is 6.92 Å². The molecule has 2 rings (SSSR count). The minimum absolute atomic E-state index is 0.0879. The van der Waals surface area contributed by atoms with Crippen molar-refractivity contribution < 1.29 is 9.53 Å². The molecule has 4 heteroatoms. The van der Waals surface area contributed by atoms with Gasteiger partial charge in [0, 0.05) is 24.6 Å². The number of likely N-dealkylation sites (tertiary alicyclic amines) is 1. The lowest BCUT2D eigenvalue weighted by molar-refractivity contribution is -0.143. The highest BCUT2D eigenvalue weighted by atomic mass is 35.5. The summed E-state index contributed by atoms with van der Waals surface area (Å²) >= 11 is 6.10. The smallest absolute Gasteiger partial charge is 0.228 e. The molecule has 3 nitrogen and oxygen atoms in total. The third-order valence-corrected chi connectivity index (χ3v) is 4.19. The van der Waals surface area contributed by atoms with Crippen molar-refractivity contribution in [1.29, 1.82) is 0 Å². The molecule has 2 aliphatic rings. The van der Waals surface area contributed by atoms with E-state index < -0.39 is 0 Å². The minimum Gasteiger partial charge on any atom is -0.381 e.